The molecule has 0 bridgehead atoms. The first-order valence-electron chi connectivity index (χ1n) is 5.70. The number of hydrogen-bond acceptors (Lipinski definition) is 4. The van der Waals surface area contributed by atoms with Crippen LogP contribution in [0.4, 0.5) is 5.69 Å². The van der Waals surface area contributed by atoms with Gasteiger partial charge in [-0.15, -0.1) is 0 Å². The topological polar surface area (TPSA) is 84.8 Å². The van der Waals surface area contributed by atoms with Crippen LogP contribution in [0.5, 0.6) is 0 Å². The minimum atomic E-state index is -0.461. The van der Waals surface area contributed by atoms with Gasteiger partial charge in [0.25, 0.3) is 0 Å². The van der Waals surface area contributed by atoms with Crippen molar-refractivity contribution in [1.82, 2.24) is 9.78 Å². The average Bonchev–Trinajstić information content (AvgIpc) is 2.78. The van der Waals surface area contributed by atoms with E-state index in [0.717, 1.165) is 19.3 Å². The van der Waals surface area contributed by atoms with Crippen LogP contribution in [0.3, 0.4) is 0 Å². The second-order valence-corrected chi connectivity index (χ2v) is 4.66. The summed E-state index contributed by atoms with van der Waals surface area (Å²) in [7, 11) is 0. The maximum absolute atomic E-state index is 10.6. The lowest BCUT2D eigenvalue weighted by Gasteiger charge is -2.30. The van der Waals surface area contributed by atoms with Crippen LogP contribution < -0.4 is 0 Å². The highest BCUT2D eigenvalue weighted by molar-refractivity contribution is 5.21. The Morgan fingerprint density at radius 2 is 2.41 bits per heavy atom. The third-order valence-corrected chi connectivity index (χ3v) is 3.38. The number of nitriles is 1. The number of nitro groups is 1. The summed E-state index contributed by atoms with van der Waals surface area (Å²) in [4.78, 5) is 10.1. The van der Waals surface area contributed by atoms with Crippen molar-refractivity contribution in [2.45, 2.75) is 32.2 Å². The summed E-state index contributed by atoms with van der Waals surface area (Å²) in [5.74, 6) is 0.443. The second-order valence-electron chi connectivity index (χ2n) is 4.66. The van der Waals surface area contributed by atoms with Gasteiger partial charge in [-0.05, 0) is 25.2 Å². The van der Waals surface area contributed by atoms with Gasteiger partial charge >= 0.3 is 5.69 Å². The first-order valence-corrected chi connectivity index (χ1v) is 5.70. The summed E-state index contributed by atoms with van der Waals surface area (Å²) in [6.07, 6.45) is 5.41. The standard InChI is InChI=1S/C11H14N4O2/c1-8-2-3-9(5-12)11(4-8)14-7-10(6-13-14)15(16)17/h6-9,11H,2-4H2,1H3. The average molecular weight is 234 g/mol. The van der Waals surface area contributed by atoms with E-state index in [4.69, 9.17) is 5.26 Å². The van der Waals surface area contributed by atoms with E-state index < -0.39 is 4.92 Å². The molecule has 0 spiro atoms. The molecule has 6 heteroatoms. The molecule has 1 fully saturated rings. The fourth-order valence-electron chi connectivity index (χ4n) is 2.40. The Bertz CT molecular complexity index is 462. The zero-order chi connectivity index (χ0) is 12.4. The van der Waals surface area contributed by atoms with E-state index in [1.807, 2.05) is 0 Å². The monoisotopic (exact) mass is 234 g/mol. The van der Waals surface area contributed by atoms with Crippen molar-refractivity contribution in [2.75, 3.05) is 0 Å². The zero-order valence-corrected chi connectivity index (χ0v) is 9.61. The minimum absolute atomic E-state index is 0.0140. The Morgan fingerprint density at radius 3 is 3.00 bits per heavy atom. The predicted molar refractivity (Wildman–Crippen MR) is 60.0 cm³/mol. The molecule has 1 saturated carbocycles. The van der Waals surface area contributed by atoms with Crippen LogP contribution in [0.2, 0.25) is 0 Å². The van der Waals surface area contributed by atoms with E-state index in [1.165, 1.54) is 12.4 Å². The van der Waals surface area contributed by atoms with E-state index in [0.29, 0.717) is 5.92 Å². The van der Waals surface area contributed by atoms with Crippen LogP contribution in [0, 0.1) is 33.3 Å². The maximum Gasteiger partial charge on any atom is 0.307 e. The molecule has 0 saturated heterocycles. The fourth-order valence-corrected chi connectivity index (χ4v) is 2.40. The largest absolute Gasteiger partial charge is 0.307 e. The van der Waals surface area contributed by atoms with Gasteiger partial charge in [0, 0.05) is 0 Å². The number of hydrogen-bond donors (Lipinski definition) is 0. The van der Waals surface area contributed by atoms with Crippen molar-refractivity contribution in [1.29, 1.82) is 5.26 Å². The van der Waals surface area contributed by atoms with Gasteiger partial charge in [0.1, 0.15) is 12.4 Å². The van der Waals surface area contributed by atoms with Crippen molar-refractivity contribution in [2.24, 2.45) is 11.8 Å². The highest BCUT2D eigenvalue weighted by atomic mass is 16.6. The Labute approximate surface area is 99.0 Å². The summed E-state index contributed by atoms with van der Waals surface area (Å²) in [6.45, 7) is 2.14. The molecule has 3 unspecified atom stereocenters. The molecule has 0 aromatic carbocycles. The summed E-state index contributed by atoms with van der Waals surface area (Å²) in [5, 5.41) is 23.7. The Balaban J connectivity index is 2.23. The van der Waals surface area contributed by atoms with Crippen molar-refractivity contribution in [3.8, 4) is 6.07 Å². The fraction of sp³-hybridized carbons (Fsp3) is 0.636. The maximum atomic E-state index is 10.6. The molecule has 90 valence electrons. The highest BCUT2D eigenvalue weighted by Gasteiger charge is 2.31. The van der Waals surface area contributed by atoms with Crippen molar-refractivity contribution < 1.29 is 4.92 Å². The molecule has 1 aliphatic rings. The zero-order valence-electron chi connectivity index (χ0n) is 9.61. The van der Waals surface area contributed by atoms with Gasteiger partial charge in [-0.25, -0.2) is 0 Å². The smallest absolute Gasteiger partial charge is 0.261 e. The number of rotatable bonds is 2. The minimum Gasteiger partial charge on any atom is -0.261 e. The Morgan fingerprint density at radius 1 is 1.65 bits per heavy atom. The third-order valence-electron chi connectivity index (χ3n) is 3.38. The number of nitrogens with zero attached hydrogens (tertiary/aromatic N) is 4. The van der Waals surface area contributed by atoms with Crippen LogP contribution in [-0.4, -0.2) is 14.7 Å². The van der Waals surface area contributed by atoms with Gasteiger partial charge in [0.05, 0.1) is 23.0 Å². The van der Waals surface area contributed by atoms with Crippen LogP contribution in [0.25, 0.3) is 0 Å². The first kappa shape index (κ1) is 11.6. The molecule has 1 heterocycles. The van der Waals surface area contributed by atoms with Crippen molar-refractivity contribution in [3.05, 3.63) is 22.5 Å². The van der Waals surface area contributed by atoms with Crippen LogP contribution in [0.15, 0.2) is 12.4 Å². The molecule has 1 aliphatic carbocycles. The lowest BCUT2D eigenvalue weighted by atomic mass is 9.80. The SMILES string of the molecule is CC1CCC(C#N)C(n2cc([N+](=O)[O-])cn2)C1. The molecule has 1 aromatic rings. The molecule has 2 rings (SSSR count). The molecule has 0 aliphatic heterocycles. The van der Waals surface area contributed by atoms with Gasteiger partial charge in [-0.1, -0.05) is 6.92 Å². The van der Waals surface area contributed by atoms with Crippen LogP contribution in [-0.2, 0) is 0 Å². The molecule has 6 nitrogen and oxygen atoms in total. The third kappa shape index (κ3) is 2.28. The molecule has 0 amide bonds. The van der Waals surface area contributed by atoms with Crippen LogP contribution >= 0.6 is 0 Å². The highest BCUT2D eigenvalue weighted by Crippen LogP contribution is 2.36. The van der Waals surface area contributed by atoms with Gasteiger partial charge in [-0.2, -0.15) is 10.4 Å². The van der Waals surface area contributed by atoms with Gasteiger partial charge in [-0.3, -0.25) is 14.8 Å². The quantitative estimate of drug-likeness (QED) is 0.580. The van der Waals surface area contributed by atoms with E-state index in [2.05, 4.69) is 18.1 Å². The van der Waals surface area contributed by atoms with E-state index in [-0.39, 0.29) is 17.6 Å². The van der Waals surface area contributed by atoms with E-state index in [9.17, 15) is 10.1 Å². The van der Waals surface area contributed by atoms with Gasteiger partial charge in [0.2, 0.25) is 0 Å². The van der Waals surface area contributed by atoms with Crippen LogP contribution in [0.1, 0.15) is 32.2 Å². The lowest BCUT2D eigenvalue weighted by molar-refractivity contribution is -0.385. The summed E-state index contributed by atoms with van der Waals surface area (Å²) in [6, 6.07) is 2.25. The lowest BCUT2D eigenvalue weighted by Crippen LogP contribution is -2.26. The molecule has 0 N–H and O–H groups in total. The Kier molecular flexibility index (Phi) is 3.09. The van der Waals surface area contributed by atoms with Crippen molar-refractivity contribution >= 4 is 5.69 Å². The molecular weight excluding hydrogens is 220 g/mol. The molecule has 0 radical (unpaired) electrons. The van der Waals surface area contributed by atoms with E-state index in [1.54, 1.807) is 4.68 Å². The van der Waals surface area contributed by atoms with Gasteiger partial charge < -0.3 is 0 Å². The molecule has 1 aromatic heterocycles. The number of aromatic nitrogens is 2. The van der Waals surface area contributed by atoms with E-state index >= 15 is 0 Å². The molecular formula is C11H14N4O2. The first-order chi connectivity index (χ1) is 8.11. The summed E-state index contributed by atoms with van der Waals surface area (Å²) < 4.78 is 1.58. The Hall–Kier alpha value is -1.90. The summed E-state index contributed by atoms with van der Waals surface area (Å²) >= 11 is 0. The van der Waals surface area contributed by atoms with Crippen molar-refractivity contribution in [3.63, 3.8) is 0 Å². The van der Waals surface area contributed by atoms with Gasteiger partial charge in [0.15, 0.2) is 0 Å². The molecule has 17 heavy (non-hydrogen) atoms. The molecule has 3 atom stereocenters. The normalized spacial score (nSPS) is 28.6. The second kappa shape index (κ2) is 4.53. The predicted octanol–water partition coefficient (Wildman–Crippen LogP) is 2.29. The summed E-state index contributed by atoms with van der Waals surface area (Å²) in [5.41, 5.74) is -0.0140.